The number of carbonyl (C=O) groups is 1. The normalized spacial score (nSPS) is 10.3. The molecule has 1 N–H and O–H groups in total. The van der Waals surface area contributed by atoms with Gasteiger partial charge in [-0.05, 0) is 6.07 Å². The van der Waals surface area contributed by atoms with Crippen molar-refractivity contribution in [2.24, 2.45) is 0 Å². The standard InChI is InChI=1S/C8H7F2NO3.Cu/c1-14-6-4-2-3-5(11-6)8(9,10)7(12)13;/h2-4H,1H3,(H,12,13);. The Kier molecular flexibility index (Phi) is 4.64. The maximum Gasteiger partial charge on any atom is 0.384 e. The van der Waals surface area contributed by atoms with E-state index in [1.165, 1.54) is 19.2 Å². The molecule has 1 rings (SSSR count). The summed E-state index contributed by atoms with van der Waals surface area (Å²) in [7, 11) is 1.25. The maximum absolute atomic E-state index is 12.9. The Balaban J connectivity index is 0.00000196. The molecule has 0 saturated carbocycles. The summed E-state index contributed by atoms with van der Waals surface area (Å²) in [4.78, 5) is 13.5. The van der Waals surface area contributed by atoms with Gasteiger partial charge in [0.15, 0.2) is 0 Å². The first-order valence-corrected chi connectivity index (χ1v) is 3.61. The number of halogens is 2. The fourth-order valence-electron chi connectivity index (χ4n) is 0.813. The van der Waals surface area contributed by atoms with Crippen molar-refractivity contribution in [1.82, 2.24) is 4.98 Å². The molecule has 1 aromatic heterocycles. The number of hydrogen-bond donors (Lipinski definition) is 1. The molecular weight excluding hydrogens is 260 g/mol. The molecule has 0 aliphatic heterocycles. The molecule has 0 unspecified atom stereocenters. The second kappa shape index (κ2) is 5.04. The molecule has 1 heterocycles. The van der Waals surface area contributed by atoms with E-state index in [1.807, 2.05) is 0 Å². The molecule has 1 aromatic rings. The minimum Gasteiger partial charge on any atom is -0.481 e. The van der Waals surface area contributed by atoms with E-state index in [0.29, 0.717) is 0 Å². The SMILES string of the molecule is COc1cccc(C(F)(F)C(=O)O)n1.[Cu]. The zero-order chi connectivity index (χ0) is 10.8. The number of carboxylic acids is 1. The van der Waals surface area contributed by atoms with Crippen LogP contribution in [0.2, 0.25) is 0 Å². The molecule has 0 aromatic carbocycles. The predicted molar refractivity (Wildman–Crippen MR) is 42.3 cm³/mol. The van der Waals surface area contributed by atoms with E-state index in [9.17, 15) is 13.6 Å². The Bertz CT molecular complexity index is 359. The Labute approximate surface area is 94.7 Å². The predicted octanol–water partition coefficient (Wildman–Crippen LogP) is 1.26. The Hall–Kier alpha value is -1.20. The monoisotopic (exact) mass is 266 g/mol. The third kappa shape index (κ3) is 2.87. The van der Waals surface area contributed by atoms with Crippen molar-refractivity contribution >= 4 is 5.97 Å². The van der Waals surface area contributed by atoms with Crippen molar-refractivity contribution in [3.05, 3.63) is 23.9 Å². The summed E-state index contributed by atoms with van der Waals surface area (Å²) in [6, 6.07) is 3.52. The van der Waals surface area contributed by atoms with Gasteiger partial charge in [-0.2, -0.15) is 8.78 Å². The average Bonchev–Trinajstić information content (AvgIpc) is 2.17. The first-order chi connectivity index (χ1) is 6.48. The third-order valence-corrected chi connectivity index (χ3v) is 1.52. The van der Waals surface area contributed by atoms with Crippen LogP contribution in [0, 0.1) is 0 Å². The molecule has 0 spiro atoms. The van der Waals surface area contributed by atoms with Crippen molar-refractivity contribution in [2.45, 2.75) is 5.92 Å². The van der Waals surface area contributed by atoms with Gasteiger partial charge >= 0.3 is 11.9 Å². The van der Waals surface area contributed by atoms with Crippen molar-refractivity contribution in [3.8, 4) is 5.88 Å². The molecule has 1 radical (unpaired) electrons. The fourth-order valence-corrected chi connectivity index (χ4v) is 0.813. The molecule has 0 atom stereocenters. The van der Waals surface area contributed by atoms with Gasteiger partial charge in [0.05, 0.1) is 7.11 Å². The molecule has 87 valence electrons. The van der Waals surface area contributed by atoms with Crippen LogP contribution < -0.4 is 4.74 Å². The summed E-state index contributed by atoms with van der Waals surface area (Å²) >= 11 is 0. The fraction of sp³-hybridized carbons (Fsp3) is 0.250. The second-order valence-electron chi connectivity index (χ2n) is 2.44. The summed E-state index contributed by atoms with van der Waals surface area (Å²) in [6.07, 6.45) is 0. The van der Waals surface area contributed by atoms with Crippen LogP contribution in [0.5, 0.6) is 5.88 Å². The second-order valence-corrected chi connectivity index (χ2v) is 2.44. The molecule has 0 amide bonds. The number of carboxylic acid groups (broad SMARTS) is 1. The van der Waals surface area contributed by atoms with Crippen LogP contribution in [0.3, 0.4) is 0 Å². The Morgan fingerprint density at radius 1 is 1.53 bits per heavy atom. The van der Waals surface area contributed by atoms with Crippen LogP contribution in [0.1, 0.15) is 5.69 Å². The number of aromatic nitrogens is 1. The molecule has 7 heteroatoms. The number of aliphatic carboxylic acids is 1. The van der Waals surface area contributed by atoms with Crippen LogP contribution in [-0.2, 0) is 27.8 Å². The number of nitrogens with zero attached hydrogens (tertiary/aromatic N) is 1. The summed E-state index contributed by atoms with van der Waals surface area (Å²) < 4.78 is 30.3. The van der Waals surface area contributed by atoms with Crippen LogP contribution >= 0.6 is 0 Å². The molecule has 0 bridgehead atoms. The van der Waals surface area contributed by atoms with Gasteiger partial charge in [-0.3, -0.25) is 0 Å². The summed E-state index contributed by atoms with van der Waals surface area (Å²) in [6.45, 7) is 0. The molecule has 15 heavy (non-hydrogen) atoms. The average molecular weight is 267 g/mol. The van der Waals surface area contributed by atoms with E-state index in [-0.39, 0.29) is 22.9 Å². The summed E-state index contributed by atoms with van der Waals surface area (Å²) in [5.41, 5.74) is -0.843. The maximum atomic E-state index is 12.9. The number of alkyl halides is 2. The Morgan fingerprint density at radius 2 is 2.13 bits per heavy atom. The molecule has 0 aliphatic rings. The van der Waals surface area contributed by atoms with Gasteiger partial charge < -0.3 is 9.84 Å². The van der Waals surface area contributed by atoms with E-state index in [0.717, 1.165) is 6.07 Å². The van der Waals surface area contributed by atoms with Crippen LogP contribution in [0.4, 0.5) is 8.78 Å². The van der Waals surface area contributed by atoms with Crippen molar-refractivity contribution in [1.29, 1.82) is 0 Å². The van der Waals surface area contributed by atoms with E-state index < -0.39 is 17.6 Å². The van der Waals surface area contributed by atoms with Crippen LogP contribution in [0.15, 0.2) is 18.2 Å². The zero-order valence-corrected chi connectivity index (χ0v) is 8.44. The number of rotatable bonds is 3. The topological polar surface area (TPSA) is 59.4 Å². The van der Waals surface area contributed by atoms with Crippen molar-refractivity contribution in [3.63, 3.8) is 0 Å². The van der Waals surface area contributed by atoms with Crippen molar-refractivity contribution in [2.75, 3.05) is 7.11 Å². The van der Waals surface area contributed by atoms with Gasteiger partial charge in [0, 0.05) is 23.1 Å². The van der Waals surface area contributed by atoms with Crippen LogP contribution in [-0.4, -0.2) is 23.2 Å². The third-order valence-electron chi connectivity index (χ3n) is 1.52. The van der Waals surface area contributed by atoms with Gasteiger partial charge in [-0.15, -0.1) is 0 Å². The minimum atomic E-state index is -3.99. The molecule has 0 fully saturated rings. The van der Waals surface area contributed by atoms with Gasteiger partial charge in [0.2, 0.25) is 5.88 Å². The zero-order valence-electron chi connectivity index (χ0n) is 7.50. The van der Waals surface area contributed by atoms with E-state index in [2.05, 4.69) is 9.72 Å². The van der Waals surface area contributed by atoms with Gasteiger partial charge in [-0.1, -0.05) is 6.07 Å². The molecule has 0 aliphatic carbocycles. The van der Waals surface area contributed by atoms with Crippen molar-refractivity contribution < 1.29 is 40.5 Å². The first-order valence-electron chi connectivity index (χ1n) is 3.61. The smallest absolute Gasteiger partial charge is 0.384 e. The number of ether oxygens (including phenoxy) is 1. The Morgan fingerprint density at radius 3 is 2.60 bits per heavy atom. The first kappa shape index (κ1) is 13.8. The van der Waals surface area contributed by atoms with Crippen LogP contribution in [0.25, 0.3) is 0 Å². The molecule has 0 saturated heterocycles. The number of hydrogen-bond acceptors (Lipinski definition) is 3. The van der Waals surface area contributed by atoms with Gasteiger partial charge in [0.1, 0.15) is 5.69 Å². The number of methoxy groups -OCH3 is 1. The molecule has 4 nitrogen and oxygen atoms in total. The minimum absolute atomic E-state index is 0. The summed E-state index contributed by atoms with van der Waals surface area (Å²) in [5.74, 6) is -6.28. The summed E-state index contributed by atoms with van der Waals surface area (Å²) in [5, 5.41) is 8.23. The molecular formula is C8H7CuF2NO3. The van der Waals surface area contributed by atoms with E-state index in [4.69, 9.17) is 5.11 Å². The quantitative estimate of drug-likeness (QED) is 0.837. The number of pyridine rings is 1. The van der Waals surface area contributed by atoms with Gasteiger partial charge in [0.25, 0.3) is 0 Å². The largest absolute Gasteiger partial charge is 0.481 e. The van der Waals surface area contributed by atoms with E-state index >= 15 is 0 Å². The van der Waals surface area contributed by atoms with E-state index in [1.54, 1.807) is 0 Å². The van der Waals surface area contributed by atoms with Gasteiger partial charge in [-0.25, -0.2) is 9.78 Å².